The van der Waals surface area contributed by atoms with Crippen LogP contribution in [-0.2, 0) is 17.7 Å². The van der Waals surface area contributed by atoms with Gasteiger partial charge in [0.25, 0.3) is 5.91 Å². The Morgan fingerprint density at radius 2 is 1.61 bits per heavy atom. The summed E-state index contributed by atoms with van der Waals surface area (Å²) in [5, 5.41) is 11.9. The first-order chi connectivity index (χ1) is 19.3. The molecule has 1 aromatic heterocycles. The van der Waals surface area contributed by atoms with Gasteiger partial charge >= 0.3 is 0 Å². The van der Waals surface area contributed by atoms with E-state index in [4.69, 9.17) is 9.84 Å². The summed E-state index contributed by atoms with van der Waals surface area (Å²) in [7, 11) is 0. The van der Waals surface area contributed by atoms with E-state index in [0.29, 0.717) is 12.2 Å². The summed E-state index contributed by atoms with van der Waals surface area (Å²) in [5.41, 5.74) is 3.98. The van der Waals surface area contributed by atoms with Crippen LogP contribution in [0.5, 0.6) is 5.75 Å². The first-order valence-electron chi connectivity index (χ1n) is 14.3. The van der Waals surface area contributed by atoms with Crippen LogP contribution in [0.15, 0.2) is 84.9 Å². The van der Waals surface area contributed by atoms with Crippen LogP contribution < -0.4 is 15.4 Å². The number of aryl methyl sites for hydroxylation is 1. The largest absolute Gasteiger partial charge is 0.489 e. The third-order valence-corrected chi connectivity index (χ3v) is 8.29. The Bertz CT molecular complexity index is 1450. The predicted molar refractivity (Wildman–Crippen MR) is 168 cm³/mol. The lowest BCUT2D eigenvalue weighted by atomic mass is 9.84. The topological polar surface area (TPSA) is 68.2 Å². The molecule has 216 valence electrons. The maximum Gasteiger partial charge on any atom is 0.257 e. The van der Waals surface area contributed by atoms with E-state index in [9.17, 15) is 4.79 Å². The van der Waals surface area contributed by atoms with Crippen LogP contribution in [-0.4, -0.2) is 15.7 Å². The summed E-state index contributed by atoms with van der Waals surface area (Å²) in [5.74, 6) is 1.48. The Balaban J connectivity index is 0.00000387. The number of halogens is 1. The predicted octanol–water partition coefficient (Wildman–Crippen LogP) is 7.93. The van der Waals surface area contributed by atoms with Gasteiger partial charge in [-0.1, -0.05) is 86.6 Å². The van der Waals surface area contributed by atoms with Crippen LogP contribution in [0.4, 0.5) is 5.82 Å². The molecule has 0 saturated heterocycles. The van der Waals surface area contributed by atoms with E-state index in [1.807, 2.05) is 48.0 Å². The standard InChI is InChI=1S/C34H40N4O2.ClH/c1-6-34(7-2,27-18-20-28(21-19-27)40-23-25-14-10-8-11-15-25)36-32(39)30-24(3)37-38-31(30)35-29(22-33(38,4)5)26-16-12-9-13-17-26;/h8-21,29,35H,6-7,22-23H2,1-5H3,(H,36,39);1H/t29-;/m1./s1. The zero-order chi connectivity index (χ0) is 28.3. The molecule has 1 atom stereocenters. The van der Waals surface area contributed by atoms with Crippen LogP contribution in [0.25, 0.3) is 0 Å². The summed E-state index contributed by atoms with van der Waals surface area (Å²) in [4.78, 5) is 14.1. The van der Waals surface area contributed by atoms with E-state index in [1.54, 1.807) is 0 Å². The molecule has 2 N–H and O–H groups in total. The number of amides is 1. The number of ether oxygens (including phenoxy) is 1. The highest BCUT2D eigenvalue weighted by molar-refractivity contribution is 6.00. The van der Waals surface area contributed by atoms with Crippen molar-refractivity contribution in [2.45, 2.75) is 77.6 Å². The molecule has 0 unspecified atom stereocenters. The summed E-state index contributed by atoms with van der Waals surface area (Å²) in [6, 6.07) is 28.8. The maximum absolute atomic E-state index is 14.1. The van der Waals surface area contributed by atoms with Gasteiger partial charge in [-0.3, -0.25) is 4.79 Å². The quantitative estimate of drug-likeness (QED) is 0.214. The second-order valence-corrected chi connectivity index (χ2v) is 11.4. The van der Waals surface area contributed by atoms with E-state index in [2.05, 4.69) is 86.9 Å². The average Bonchev–Trinajstić information content (AvgIpc) is 3.33. The highest BCUT2D eigenvalue weighted by atomic mass is 35.5. The molecule has 5 rings (SSSR count). The van der Waals surface area contributed by atoms with Crippen LogP contribution in [0.2, 0.25) is 0 Å². The molecule has 2 heterocycles. The van der Waals surface area contributed by atoms with E-state index in [-0.39, 0.29) is 29.9 Å². The zero-order valence-electron chi connectivity index (χ0n) is 24.6. The smallest absolute Gasteiger partial charge is 0.257 e. The number of nitrogens with zero attached hydrogens (tertiary/aromatic N) is 2. The van der Waals surface area contributed by atoms with Crippen LogP contribution >= 0.6 is 12.4 Å². The molecule has 4 aromatic rings. The van der Waals surface area contributed by atoms with Gasteiger partial charge < -0.3 is 15.4 Å². The fraction of sp³-hybridized carbons (Fsp3) is 0.353. The monoisotopic (exact) mass is 572 g/mol. The lowest BCUT2D eigenvalue weighted by molar-refractivity contribution is 0.0889. The van der Waals surface area contributed by atoms with Crippen molar-refractivity contribution in [1.29, 1.82) is 0 Å². The van der Waals surface area contributed by atoms with Gasteiger partial charge in [-0.2, -0.15) is 5.10 Å². The van der Waals surface area contributed by atoms with Gasteiger partial charge in [0.2, 0.25) is 0 Å². The van der Waals surface area contributed by atoms with E-state index in [1.165, 1.54) is 5.56 Å². The number of aromatic nitrogens is 2. The van der Waals surface area contributed by atoms with E-state index in [0.717, 1.165) is 47.7 Å². The van der Waals surface area contributed by atoms with E-state index < -0.39 is 5.54 Å². The molecule has 6 nitrogen and oxygen atoms in total. The second-order valence-electron chi connectivity index (χ2n) is 11.4. The van der Waals surface area contributed by atoms with Crippen molar-refractivity contribution >= 4 is 24.1 Å². The minimum Gasteiger partial charge on any atom is -0.489 e. The Kier molecular flexibility index (Phi) is 9.13. The molecule has 0 saturated carbocycles. The molecule has 41 heavy (non-hydrogen) atoms. The summed E-state index contributed by atoms with van der Waals surface area (Å²) < 4.78 is 8.00. The zero-order valence-corrected chi connectivity index (χ0v) is 25.4. The van der Waals surface area contributed by atoms with Crippen molar-refractivity contribution in [2.24, 2.45) is 0 Å². The van der Waals surface area contributed by atoms with Gasteiger partial charge in [0.15, 0.2) is 0 Å². The average molecular weight is 573 g/mol. The number of hydrogen-bond acceptors (Lipinski definition) is 4. The van der Waals surface area contributed by atoms with Crippen LogP contribution in [0.3, 0.4) is 0 Å². The number of benzene rings is 3. The highest BCUT2D eigenvalue weighted by Crippen LogP contribution is 2.41. The van der Waals surface area contributed by atoms with Gasteiger partial charge in [0.05, 0.1) is 22.8 Å². The Morgan fingerprint density at radius 3 is 2.22 bits per heavy atom. The summed E-state index contributed by atoms with van der Waals surface area (Å²) in [6.45, 7) is 11.1. The molecular weight excluding hydrogens is 532 g/mol. The number of hydrogen-bond donors (Lipinski definition) is 2. The van der Waals surface area contributed by atoms with Gasteiger partial charge in [-0.25, -0.2) is 4.68 Å². The van der Waals surface area contributed by atoms with Gasteiger partial charge in [-0.05, 0) is 68.9 Å². The molecule has 1 aliphatic heterocycles. The van der Waals surface area contributed by atoms with E-state index >= 15 is 0 Å². The van der Waals surface area contributed by atoms with Crippen molar-refractivity contribution in [1.82, 2.24) is 15.1 Å². The van der Waals surface area contributed by atoms with Crippen molar-refractivity contribution in [3.8, 4) is 5.75 Å². The van der Waals surface area contributed by atoms with Crippen molar-refractivity contribution < 1.29 is 9.53 Å². The molecule has 0 aliphatic carbocycles. The Labute approximate surface area is 249 Å². The molecular formula is C34H41ClN4O2. The SMILES string of the molecule is CCC(CC)(NC(=O)c1c(C)nn2c1N[C@@H](c1ccccc1)CC2(C)C)c1ccc(OCc2ccccc2)cc1.Cl. The fourth-order valence-corrected chi connectivity index (χ4v) is 5.86. The first-order valence-corrected chi connectivity index (χ1v) is 14.3. The third kappa shape index (κ3) is 6.13. The summed E-state index contributed by atoms with van der Waals surface area (Å²) >= 11 is 0. The molecule has 0 radical (unpaired) electrons. The molecule has 0 spiro atoms. The van der Waals surface area contributed by atoms with Gasteiger partial charge in [-0.15, -0.1) is 12.4 Å². The van der Waals surface area contributed by atoms with Crippen molar-refractivity contribution in [3.05, 3.63) is 113 Å². The lowest BCUT2D eigenvalue weighted by Crippen LogP contribution is -2.45. The van der Waals surface area contributed by atoms with Gasteiger partial charge in [0.1, 0.15) is 23.7 Å². The maximum atomic E-state index is 14.1. The molecule has 1 aliphatic rings. The fourth-order valence-electron chi connectivity index (χ4n) is 5.86. The number of anilines is 1. The minimum absolute atomic E-state index is 0. The molecule has 0 bridgehead atoms. The van der Waals surface area contributed by atoms with Crippen LogP contribution in [0.1, 0.15) is 85.7 Å². The van der Waals surface area contributed by atoms with Crippen LogP contribution in [0, 0.1) is 6.92 Å². The number of fused-ring (bicyclic) bond motifs is 1. The number of carbonyl (C=O) groups excluding carboxylic acids is 1. The Hall–Kier alpha value is -3.77. The normalized spacial score (nSPS) is 15.7. The summed E-state index contributed by atoms with van der Waals surface area (Å²) in [6.07, 6.45) is 2.39. The molecule has 1 amide bonds. The number of rotatable bonds is 9. The molecule has 3 aromatic carbocycles. The van der Waals surface area contributed by atoms with Crippen molar-refractivity contribution in [2.75, 3.05) is 5.32 Å². The molecule has 0 fully saturated rings. The molecule has 7 heteroatoms. The first kappa shape index (κ1) is 30.2. The lowest BCUT2D eigenvalue weighted by Gasteiger charge is -2.38. The second kappa shape index (κ2) is 12.4. The van der Waals surface area contributed by atoms with Gasteiger partial charge in [0, 0.05) is 0 Å². The highest BCUT2D eigenvalue weighted by Gasteiger charge is 2.39. The van der Waals surface area contributed by atoms with Crippen molar-refractivity contribution in [3.63, 3.8) is 0 Å². The Morgan fingerprint density at radius 1 is 1.00 bits per heavy atom. The number of carbonyl (C=O) groups is 1. The number of nitrogens with one attached hydrogen (secondary N) is 2. The minimum atomic E-state index is -0.515. The third-order valence-electron chi connectivity index (χ3n) is 8.29.